The molecular formula is C16H22Cl2N2O. The Labute approximate surface area is 136 Å². The van der Waals surface area contributed by atoms with Crippen LogP contribution in [0.2, 0.25) is 10.0 Å². The summed E-state index contributed by atoms with van der Waals surface area (Å²) < 4.78 is 6.12. The second-order valence-electron chi connectivity index (χ2n) is 5.94. The van der Waals surface area contributed by atoms with Crippen LogP contribution in [0.25, 0.3) is 0 Å². The predicted molar refractivity (Wildman–Crippen MR) is 87.2 cm³/mol. The lowest BCUT2D eigenvalue weighted by Gasteiger charge is -2.29. The summed E-state index contributed by atoms with van der Waals surface area (Å²) >= 11 is 12.2. The summed E-state index contributed by atoms with van der Waals surface area (Å²) in [5.74, 6) is 0.447. The van der Waals surface area contributed by atoms with Crippen molar-refractivity contribution in [3.8, 4) is 0 Å². The summed E-state index contributed by atoms with van der Waals surface area (Å²) in [5.41, 5.74) is 1.14. The Morgan fingerprint density at radius 2 is 2.00 bits per heavy atom. The molecule has 0 spiro atoms. The van der Waals surface area contributed by atoms with Gasteiger partial charge in [0.1, 0.15) is 0 Å². The molecule has 0 aliphatic carbocycles. The van der Waals surface area contributed by atoms with Crippen LogP contribution in [0.3, 0.4) is 0 Å². The van der Waals surface area contributed by atoms with Crippen molar-refractivity contribution in [3.63, 3.8) is 0 Å². The molecule has 3 nitrogen and oxygen atoms in total. The highest BCUT2D eigenvalue weighted by atomic mass is 35.5. The molecule has 2 aliphatic heterocycles. The molecule has 2 atom stereocenters. The Morgan fingerprint density at radius 1 is 1.19 bits per heavy atom. The van der Waals surface area contributed by atoms with Gasteiger partial charge in [-0.15, -0.1) is 0 Å². The predicted octanol–water partition coefficient (Wildman–Crippen LogP) is 3.37. The van der Waals surface area contributed by atoms with Crippen LogP contribution in [0.15, 0.2) is 18.2 Å². The van der Waals surface area contributed by atoms with Crippen LogP contribution >= 0.6 is 23.2 Å². The van der Waals surface area contributed by atoms with Crippen molar-refractivity contribution in [2.45, 2.75) is 18.9 Å². The maximum absolute atomic E-state index is 6.18. The molecule has 1 aromatic rings. The van der Waals surface area contributed by atoms with Crippen LogP contribution in [0.1, 0.15) is 24.5 Å². The van der Waals surface area contributed by atoms with Crippen molar-refractivity contribution < 1.29 is 4.74 Å². The van der Waals surface area contributed by atoms with E-state index in [-0.39, 0.29) is 6.10 Å². The summed E-state index contributed by atoms with van der Waals surface area (Å²) in [4.78, 5) is 2.55. The first-order valence-electron chi connectivity index (χ1n) is 7.73. The van der Waals surface area contributed by atoms with E-state index < -0.39 is 0 Å². The first-order chi connectivity index (χ1) is 10.2. The molecule has 5 heteroatoms. The maximum Gasteiger partial charge on any atom is 0.0878 e. The average molecular weight is 329 g/mol. The monoisotopic (exact) mass is 328 g/mol. The number of nitrogens with one attached hydrogen (secondary N) is 1. The Hall–Kier alpha value is -0.320. The Balaban J connectivity index is 1.78. The molecule has 0 saturated carbocycles. The number of nitrogens with zero attached hydrogens (tertiary/aromatic N) is 1. The van der Waals surface area contributed by atoms with Gasteiger partial charge in [-0.05, 0) is 43.6 Å². The van der Waals surface area contributed by atoms with Crippen LogP contribution in [0.5, 0.6) is 0 Å². The summed E-state index contributed by atoms with van der Waals surface area (Å²) in [7, 11) is 0. The molecule has 0 bridgehead atoms. The molecular weight excluding hydrogens is 307 g/mol. The summed E-state index contributed by atoms with van der Waals surface area (Å²) in [6, 6.07) is 5.87. The highest BCUT2D eigenvalue weighted by molar-refractivity contribution is 6.42. The third-order valence-corrected chi connectivity index (χ3v) is 5.11. The smallest absolute Gasteiger partial charge is 0.0878 e. The molecule has 2 aliphatic rings. The molecule has 21 heavy (non-hydrogen) atoms. The summed E-state index contributed by atoms with van der Waals surface area (Å²) in [6.07, 6.45) is 2.73. The van der Waals surface area contributed by atoms with Gasteiger partial charge in [-0.2, -0.15) is 0 Å². The van der Waals surface area contributed by atoms with Crippen LogP contribution in [-0.2, 0) is 4.74 Å². The van der Waals surface area contributed by atoms with Gasteiger partial charge in [-0.1, -0.05) is 29.3 Å². The standard InChI is InChI=1S/C16H22Cl2N2O/c17-14-4-3-12(9-15(14)18)16-13(10-19-5-8-21-16)11-20-6-1-2-7-20/h3-4,9,13,16,19H,1-2,5-8,10-11H2/t13-,16-/m0/s1. The fraction of sp³-hybridized carbons (Fsp3) is 0.625. The van der Waals surface area contributed by atoms with E-state index in [2.05, 4.69) is 10.2 Å². The number of hydrogen-bond acceptors (Lipinski definition) is 3. The van der Waals surface area contributed by atoms with E-state index >= 15 is 0 Å². The van der Waals surface area contributed by atoms with E-state index in [1.807, 2.05) is 18.2 Å². The van der Waals surface area contributed by atoms with Gasteiger partial charge < -0.3 is 15.0 Å². The lowest BCUT2D eigenvalue weighted by atomic mass is 9.95. The molecule has 3 rings (SSSR count). The minimum Gasteiger partial charge on any atom is -0.372 e. The molecule has 0 aromatic heterocycles. The van der Waals surface area contributed by atoms with Crippen molar-refractivity contribution in [1.29, 1.82) is 0 Å². The molecule has 0 unspecified atom stereocenters. The third-order valence-electron chi connectivity index (χ3n) is 4.37. The van der Waals surface area contributed by atoms with Crippen LogP contribution < -0.4 is 5.32 Å². The average Bonchev–Trinajstić information content (AvgIpc) is 2.87. The van der Waals surface area contributed by atoms with Gasteiger partial charge in [-0.25, -0.2) is 0 Å². The fourth-order valence-corrected chi connectivity index (χ4v) is 3.61. The van der Waals surface area contributed by atoms with E-state index in [0.717, 1.165) is 31.8 Å². The molecule has 2 saturated heterocycles. The maximum atomic E-state index is 6.18. The minimum absolute atomic E-state index is 0.0929. The van der Waals surface area contributed by atoms with E-state index in [9.17, 15) is 0 Å². The number of likely N-dealkylation sites (tertiary alicyclic amines) is 1. The lowest BCUT2D eigenvalue weighted by Crippen LogP contribution is -2.35. The van der Waals surface area contributed by atoms with Gasteiger partial charge in [0.15, 0.2) is 0 Å². The van der Waals surface area contributed by atoms with E-state index in [1.54, 1.807) is 0 Å². The summed E-state index contributed by atoms with van der Waals surface area (Å²) in [6.45, 7) is 6.14. The molecule has 116 valence electrons. The zero-order valence-electron chi connectivity index (χ0n) is 12.2. The largest absolute Gasteiger partial charge is 0.372 e. The molecule has 0 amide bonds. The number of halogens is 2. The van der Waals surface area contributed by atoms with Gasteiger partial charge >= 0.3 is 0 Å². The van der Waals surface area contributed by atoms with Crippen molar-refractivity contribution in [1.82, 2.24) is 10.2 Å². The number of hydrogen-bond donors (Lipinski definition) is 1. The Morgan fingerprint density at radius 3 is 2.76 bits per heavy atom. The first-order valence-corrected chi connectivity index (χ1v) is 8.49. The van der Waals surface area contributed by atoms with Crippen LogP contribution in [0.4, 0.5) is 0 Å². The second kappa shape index (κ2) is 7.30. The Kier molecular flexibility index (Phi) is 5.41. The topological polar surface area (TPSA) is 24.5 Å². The van der Waals surface area contributed by atoms with E-state index in [1.165, 1.54) is 25.9 Å². The van der Waals surface area contributed by atoms with Gasteiger partial charge in [0.2, 0.25) is 0 Å². The molecule has 2 heterocycles. The third kappa shape index (κ3) is 3.91. The van der Waals surface area contributed by atoms with E-state index in [0.29, 0.717) is 16.0 Å². The minimum atomic E-state index is 0.0929. The highest BCUT2D eigenvalue weighted by Gasteiger charge is 2.29. The quantitative estimate of drug-likeness (QED) is 0.920. The number of benzene rings is 1. The zero-order valence-corrected chi connectivity index (χ0v) is 13.7. The molecule has 0 radical (unpaired) electrons. The van der Waals surface area contributed by atoms with Gasteiger partial charge in [-0.3, -0.25) is 0 Å². The number of ether oxygens (including phenoxy) is 1. The van der Waals surface area contributed by atoms with Crippen molar-refractivity contribution in [2.75, 3.05) is 39.3 Å². The molecule has 1 aromatic carbocycles. The molecule has 2 fully saturated rings. The normalized spacial score (nSPS) is 27.7. The van der Waals surface area contributed by atoms with Gasteiger partial charge in [0.25, 0.3) is 0 Å². The highest BCUT2D eigenvalue weighted by Crippen LogP contribution is 2.32. The zero-order chi connectivity index (χ0) is 14.7. The first kappa shape index (κ1) is 15.6. The second-order valence-corrected chi connectivity index (χ2v) is 6.75. The fourth-order valence-electron chi connectivity index (χ4n) is 3.30. The van der Waals surface area contributed by atoms with Gasteiger partial charge in [0, 0.05) is 25.6 Å². The van der Waals surface area contributed by atoms with Crippen molar-refractivity contribution >= 4 is 23.2 Å². The van der Waals surface area contributed by atoms with Crippen LogP contribution in [0, 0.1) is 5.92 Å². The SMILES string of the molecule is Clc1ccc([C@@H]2OCCNC[C@H]2CN2CCCC2)cc1Cl. The van der Waals surface area contributed by atoms with Crippen LogP contribution in [-0.4, -0.2) is 44.2 Å². The number of rotatable bonds is 3. The summed E-state index contributed by atoms with van der Waals surface area (Å²) in [5, 5.41) is 4.69. The lowest BCUT2D eigenvalue weighted by molar-refractivity contribution is 0.0206. The van der Waals surface area contributed by atoms with Crippen molar-refractivity contribution in [3.05, 3.63) is 33.8 Å². The van der Waals surface area contributed by atoms with Crippen molar-refractivity contribution in [2.24, 2.45) is 5.92 Å². The Bertz CT molecular complexity index is 477. The molecule has 1 N–H and O–H groups in total. The van der Waals surface area contributed by atoms with E-state index in [4.69, 9.17) is 27.9 Å². The van der Waals surface area contributed by atoms with Gasteiger partial charge in [0.05, 0.1) is 22.8 Å².